The molecule has 2 N–H and O–H groups in total. The lowest BCUT2D eigenvalue weighted by molar-refractivity contribution is -0.124. The van der Waals surface area contributed by atoms with Gasteiger partial charge in [0.1, 0.15) is 0 Å². The fraction of sp³-hybridized carbons (Fsp3) is 0.706. The number of hydrogen-bond donors (Lipinski definition) is 2. The molecule has 0 saturated heterocycles. The molecule has 3 nitrogen and oxygen atoms in total. The van der Waals surface area contributed by atoms with Gasteiger partial charge < -0.3 is 10.4 Å². The van der Waals surface area contributed by atoms with E-state index in [0.29, 0.717) is 12.5 Å². The van der Waals surface area contributed by atoms with Gasteiger partial charge in [-0.1, -0.05) is 6.92 Å². The topological polar surface area (TPSA) is 49.3 Å². The summed E-state index contributed by atoms with van der Waals surface area (Å²) in [6.07, 6.45) is 6.87. The van der Waals surface area contributed by atoms with Crippen LogP contribution < -0.4 is 5.32 Å². The molecular weight excluding hydrogens is 282 g/mol. The molecule has 2 aliphatic rings. The van der Waals surface area contributed by atoms with Crippen LogP contribution in [-0.4, -0.2) is 23.2 Å². The summed E-state index contributed by atoms with van der Waals surface area (Å²) in [4.78, 5) is 13.9. The predicted octanol–water partition coefficient (Wildman–Crippen LogP) is 3.23. The van der Waals surface area contributed by atoms with Gasteiger partial charge in [0.15, 0.2) is 0 Å². The van der Waals surface area contributed by atoms with E-state index in [-0.39, 0.29) is 11.8 Å². The summed E-state index contributed by atoms with van der Waals surface area (Å²) in [7, 11) is 0. The third-order valence-corrected chi connectivity index (χ3v) is 6.16. The van der Waals surface area contributed by atoms with Crippen LogP contribution in [0.4, 0.5) is 0 Å². The Morgan fingerprint density at radius 1 is 1.43 bits per heavy atom. The van der Waals surface area contributed by atoms with E-state index in [1.54, 1.807) is 11.3 Å². The zero-order valence-electron chi connectivity index (χ0n) is 12.7. The van der Waals surface area contributed by atoms with Crippen LogP contribution >= 0.6 is 11.3 Å². The Morgan fingerprint density at radius 3 is 2.95 bits per heavy atom. The molecule has 1 fully saturated rings. The molecule has 0 aromatic carbocycles. The molecule has 1 saturated carbocycles. The standard InChI is InChI=1S/C17H25NO2S/c1-12-5-8-17(20,9-6-12)11-18-16(19)14-3-2-4-15-13(14)7-10-21-15/h7,10,12,14,20H,2-6,8-9,11H2,1H3,(H,18,19). The second kappa shape index (κ2) is 6.09. The van der Waals surface area contributed by atoms with Crippen LogP contribution in [0.1, 0.15) is 61.8 Å². The highest BCUT2D eigenvalue weighted by Gasteiger charge is 2.34. The number of amides is 1. The molecule has 116 valence electrons. The van der Waals surface area contributed by atoms with Gasteiger partial charge in [-0.3, -0.25) is 4.79 Å². The Kier molecular flexibility index (Phi) is 4.36. The third kappa shape index (κ3) is 3.32. The van der Waals surface area contributed by atoms with Crippen molar-refractivity contribution in [3.63, 3.8) is 0 Å². The second-order valence-corrected chi connectivity index (χ2v) is 7.87. The number of aryl methyl sites for hydroxylation is 1. The number of aliphatic hydroxyl groups is 1. The van der Waals surface area contributed by atoms with Crippen LogP contribution in [0.25, 0.3) is 0 Å². The van der Waals surface area contributed by atoms with Crippen molar-refractivity contribution >= 4 is 17.2 Å². The number of thiophene rings is 1. The maximum atomic E-state index is 12.5. The molecule has 3 rings (SSSR count). The van der Waals surface area contributed by atoms with Crippen molar-refractivity contribution < 1.29 is 9.90 Å². The van der Waals surface area contributed by atoms with Crippen molar-refractivity contribution in [2.24, 2.45) is 5.92 Å². The number of nitrogens with one attached hydrogen (secondary N) is 1. The van der Waals surface area contributed by atoms with E-state index in [1.165, 1.54) is 10.4 Å². The summed E-state index contributed by atoms with van der Waals surface area (Å²) in [5.74, 6) is 0.792. The van der Waals surface area contributed by atoms with Crippen LogP contribution in [0.5, 0.6) is 0 Å². The van der Waals surface area contributed by atoms with Gasteiger partial charge in [-0.15, -0.1) is 11.3 Å². The van der Waals surface area contributed by atoms with Gasteiger partial charge in [-0.2, -0.15) is 0 Å². The number of fused-ring (bicyclic) bond motifs is 1. The molecule has 0 bridgehead atoms. The summed E-state index contributed by atoms with van der Waals surface area (Å²) in [6.45, 7) is 2.65. The lowest BCUT2D eigenvalue weighted by atomic mass is 9.79. The summed E-state index contributed by atoms with van der Waals surface area (Å²) in [6, 6.07) is 2.10. The van der Waals surface area contributed by atoms with Crippen molar-refractivity contribution in [1.29, 1.82) is 0 Å². The highest BCUT2D eigenvalue weighted by atomic mass is 32.1. The molecule has 1 atom stereocenters. The first-order valence-electron chi connectivity index (χ1n) is 8.14. The zero-order valence-corrected chi connectivity index (χ0v) is 13.5. The van der Waals surface area contributed by atoms with Crippen molar-refractivity contribution in [2.75, 3.05) is 6.54 Å². The quantitative estimate of drug-likeness (QED) is 0.901. The van der Waals surface area contributed by atoms with Crippen LogP contribution in [0.15, 0.2) is 11.4 Å². The van der Waals surface area contributed by atoms with E-state index in [1.807, 2.05) is 0 Å². The fourth-order valence-electron chi connectivity index (χ4n) is 3.61. The monoisotopic (exact) mass is 307 g/mol. The Bertz CT molecular complexity index is 503. The zero-order chi connectivity index (χ0) is 14.9. The molecule has 0 aliphatic heterocycles. The van der Waals surface area contributed by atoms with Crippen molar-refractivity contribution in [3.05, 3.63) is 21.9 Å². The van der Waals surface area contributed by atoms with E-state index in [0.717, 1.165) is 44.9 Å². The molecule has 1 aromatic heterocycles. The molecule has 0 spiro atoms. The van der Waals surface area contributed by atoms with Crippen molar-refractivity contribution in [3.8, 4) is 0 Å². The average Bonchev–Trinajstić information content (AvgIpc) is 2.97. The first-order chi connectivity index (χ1) is 10.1. The molecule has 1 amide bonds. The minimum Gasteiger partial charge on any atom is -0.388 e. The maximum absolute atomic E-state index is 12.5. The first kappa shape index (κ1) is 15.0. The van der Waals surface area contributed by atoms with E-state index in [2.05, 4.69) is 23.7 Å². The van der Waals surface area contributed by atoms with Gasteiger partial charge in [-0.25, -0.2) is 0 Å². The third-order valence-electron chi connectivity index (χ3n) is 5.17. The molecule has 1 heterocycles. The smallest absolute Gasteiger partial charge is 0.227 e. The largest absolute Gasteiger partial charge is 0.388 e. The number of rotatable bonds is 3. The summed E-state index contributed by atoms with van der Waals surface area (Å²) in [5.41, 5.74) is 0.530. The number of carbonyl (C=O) groups excluding carboxylic acids is 1. The van der Waals surface area contributed by atoms with E-state index < -0.39 is 5.60 Å². The van der Waals surface area contributed by atoms with Crippen LogP contribution in [-0.2, 0) is 11.2 Å². The minimum absolute atomic E-state index is 0.00823. The normalized spacial score (nSPS) is 32.5. The second-order valence-electron chi connectivity index (χ2n) is 6.87. The molecule has 2 aliphatic carbocycles. The average molecular weight is 307 g/mol. The van der Waals surface area contributed by atoms with Crippen molar-refractivity contribution in [1.82, 2.24) is 5.32 Å². The lowest BCUT2D eigenvalue weighted by Gasteiger charge is -2.35. The Hall–Kier alpha value is -0.870. The highest BCUT2D eigenvalue weighted by molar-refractivity contribution is 7.10. The fourth-order valence-corrected chi connectivity index (χ4v) is 4.60. The molecule has 1 aromatic rings. The van der Waals surface area contributed by atoms with Gasteiger partial charge in [0.25, 0.3) is 0 Å². The Balaban J connectivity index is 1.58. The summed E-state index contributed by atoms with van der Waals surface area (Å²) >= 11 is 1.76. The Morgan fingerprint density at radius 2 is 2.19 bits per heavy atom. The van der Waals surface area contributed by atoms with Crippen molar-refractivity contribution in [2.45, 2.75) is 63.4 Å². The molecule has 1 unspecified atom stereocenters. The summed E-state index contributed by atoms with van der Waals surface area (Å²) < 4.78 is 0. The Labute approximate surface area is 130 Å². The number of carbonyl (C=O) groups is 1. The van der Waals surface area contributed by atoms with E-state index in [9.17, 15) is 9.90 Å². The minimum atomic E-state index is -0.686. The van der Waals surface area contributed by atoms with Gasteiger partial charge in [0, 0.05) is 11.4 Å². The van der Waals surface area contributed by atoms with Gasteiger partial charge in [0.05, 0.1) is 11.5 Å². The van der Waals surface area contributed by atoms with E-state index in [4.69, 9.17) is 0 Å². The van der Waals surface area contributed by atoms with Crippen LogP contribution in [0, 0.1) is 5.92 Å². The lowest BCUT2D eigenvalue weighted by Crippen LogP contribution is -2.46. The molecule has 0 radical (unpaired) electrons. The maximum Gasteiger partial charge on any atom is 0.227 e. The first-order valence-corrected chi connectivity index (χ1v) is 9.02. The number of hydrogen-bond acceptors (Lipinski definition) is 3. The SMILES string of the molecule is CC1CCC(O)(CNC(=O)C2CCCc3sccc32)CC1. The molecule has 4 heteroatoms. The van der Waals surface area contributed by atoms with Gasteiger partial charge in [-0.05, 0) is 67.9 Å². The van der Waals surface area contributed by atoms with Crippen LogP contribution in [0.2, 0.25) is 0 Å². The van der Waals surface area contributed by atoms with E-state index >= 15 is 0 Å². The predicted molar refractivity (Wildman–Crippen MR) is 85.6 cm³/mol. The molecule has 21 heavy (non-hydrogen) atoms. The highest BCUT2D eigenvalue weighted by Crippen LogP contribution is 2.35. The van der Waals surface area contributed by atoms with Gasteiger partial charge in [0.2, 0.25) is 5.91 Å². The summed E-state index contributed by atoms with van der Waals surface area (Å²) in [5, 5.41) is 15.7. The molecular formula is C17H25NO2S. The van der Waals surface area contributed by atoms with Gasteiger partial charge >= 0.3 is 0 Å². The van der Waals surface area contributed by atoms with Crippen LogP contribution in [0.3, 0.4) is 0 Å².